The van der Waals surface area contributed by atoms with Gasteiger partial charge in [0.25, 0.3) is 5.89 Å². The van der Waals surface area contributed by atoms with Crippen molar-refractivity contribution in [3.05, 3.63) is 47.9 Å². The number of amides is 2. The van der Waals surface area contributed by atoms with Gasteiger partial charge in [-0.1, -0.05) is 12.1 Å². The number of nitrogens with zero attached hydrogens (tertiary/aromatic N) is 6. The van der Waals surface area contributed by atoms with E-state index in [4.69, 9.17) is 4.52 Å². The van der Waals surface area contributed by atoms with Crippen molar-refractivity contribution in [2.45, 2.75) is 50.9 Å². The third-order valence-corrected chi connectivity index (χ3v) is 6.09. The van der Waals surface area contributed by atoms with E-state index in [2.05, 4.69) is 32.6 Å². The van der Waals surface area contributed by atoms with Crippen LogP contribution in [0.1, 0.15) is 43.5 Å². The number of fused-ring (bicyclic) bond motifs is 2. The topological polar surface area (TPSA) is 102 Å². The predicted octanol–water partition coefficient (Wildman–Crippen LogP) is 3.91. The second kappa shape index (κ2) is 7.04. The zero-order chi connectivity index (χ0) is 22.7. The minimum absolute atomic E-state index is 0.00680. The third-order valence-electron chi connectivity index (χ3n) is 6.09. The predicted molar refractivity (Wildman–Crippen MR) is 105 cm³/mol. The second-order valence-corrected chi connectivity index (χ2v) is 8.43. The lowest BCUT2D eigenvalue weighted by Gasteiger charge is -2.61. The fourth-order valence-electron chi connectivity index (χ4n) is 4.97. The van der Waals surface area contributed by atoms with Gasteiger partial charge in [0.1, 0.15) is 5.54 Å². The smallest absolute Gasteiger partial charge is 0.337 e. The van der Waals surface area contributed by atoms with Crippen LogP contribution in [0.5, 0.6) is 0 Å². The summed E-state index contributed by atoms with van der Waals surface area (Å²) in [5.74, 6) is 1.24. The molecule has 2 aromatic heterocycles. The average molecular weight is 447 g/mol. The molecule has 1 saturated heterocycles. The van der Waals surface area contributed by atoms with E-state index in [9.17, 15) is 18.0 Å². The molecule has 1 aromatic carbocycles. The van der Waals surface area contributed by atoms with Crippen LogP contribution in [0.3, 0.4) is 0 Å². The Morgan fingerprint density at radius 2 is 2.00 bits per heavy atom. The molecule has 0 radical (unpaired) electrons. The first-order valence-corrected chi connectivity index (χ1v) is 10.2. The summed E-state index contributed by atoms with van der Waals surface area (Å²) in [6, 6.07) is 2.90. The van der Waals surface area contributed by atoms with Crippen molar-refractivity contribution >= 4 is 11.7 Å². The number of aryl methyl sites for hydroxylation is 1. The summed E-state index contributed by atoms with van der Waals surface area (Å²) in [6.07, 6.45) is 0.178. The monoisotopic (exact) mass is 447 g/mol. The number of benzene rings is 1. The highest BCUT2D eigenvalue weighted by molar-refractivity contribution is 5.91. The summed E-state index contributed by atoms with van der Waals surface area (Å²) in [4.78, 5) is 20.2. The number of hydrogen-bond donors (Lipinski definition) is 1. The number of aromatic nitrogens is 5. The molecule has 3 atom stereocenters. The van der Waals surface area contributed by atoms with Gasteiger partial charge in [-0.25, -0.2) is 4.79 Å². The maximum absolute atomic E-state index is 13.5. The second-order valence-electron chi connectivity index (χ2n) is 8.43. The Labute approximate surface area is 180 Å². The molecular formula is C20H20F3N7O2. The maximum atomic E-state index is 13.5. The van der Waals surface area contributed by atoms with Gasteiger partial charge in [0.2, 0.25) is 0 Å². The average Bonchev–Trinajstić information content (AvgIpc) is 3.38. The molecule has 3 heterocycles. The Balaban J connectivity index is 1.46. The highest BCUT2D eigenvalue weighted by Gasteiger charge is 2.62. The van der Waals surface area contributed by atoms with Gasteiger partial charge in [-0.15, -0.1) is 0 Å². The molecule has 2 bridgehead atoms. The Kier molecular flexibility index (Phi) is 4.50. The lowest BCUT2D eigenvalue weighted by Crippen LogP contribution is -2.70. The summed E-state index contributed by atoms with van der Waals surface area (Å²) in [7, 11) is 0. The number of halogens is 3. The van der Waals surface area contributed by atoms with E-state index in [1.807, 2.05) is 0 Å². The van der Waals surface area contributed by atoms with Gasteiger partial charge >= 0.3 is 12.2 Å². The summed E-state index contributed by atoms with van der Waals surface area (Å²) < 4.78 is 45.8. The number of carbonyl (C=O) groups is 1. The van der Waals surface area contributed by atoms with Crippen molar-refractivity contribution < 1.29 is 22.5 Å². The Morgan fingerprint density at radius 3 is 2.66 bits per heavy atom. The molecule has 1 saturated carbocycles. The molecule has 168 valence electrons. The molecule has 2 amide bonds. The number of piperidine rings is 1. The summed E-state index contributed by atoms with van der Waals surface area (Å²) in [6.45, 7) is 3.82. The Morgan fingerprint density at radius 1 is 1.25 bits per heavy atom. The van der Waals surface area contributed by atoms with Crippen molar-refractivity contribution in [3.8, 4) is 5.69 Å². The molecule has 5 rings (SSSR count). The number of hydrogen-bond acceptors (Lipinski definition) is 6. The largest absolute Gasteiger partial charge is 0.418 e. The lowest BCUT2D eigenvalue weighted by molar-refractivity contribution is -0.137. The van der Waals surface area contributed by atoms with E-state index in [0.29, 0.717) is 30.5 Å². The van der Waals surface area contributed by atoms with E-state index in [-0.39, 0.29) is 17.4 Å². The molecule has 1 aliphatic heterocycles. The minimum Gasteiger partial charge on any atom is -0.337 e. The first kappa shape index (κ1) is 20.5. The number of likely N-dealkylation sites (tertiary alicyclic amines) is 1. The SMILES string of the molecule is Cc1noc([C@]23C[C@H](C)C[C@H](C2)N3C(=O)Nc2ccc(C(F)(F)F)c(-n3nccn3)c2)n1. The number of nitrogens with one attached hydrogen (secondary N) is 1. The van der Waals surface area contributed by atoms with E-state index in [0.717, 1.165) is 17.3 Å². The summed E-state index contributed by atoms with van der Waals surface area (Å²) >= 11 is 0. The highest BCUT2D eigenvalue weighted by Crippen LogP contribution is 2.55. The van der Waals surface area contributed by atoms with Crippen LogP contribution in [-0.2, 0) is 11.7 Å². The van der Waals surface area contributed by atoms with E-state index in [1.165, 1.54) is 24.5 Å². The van der Waals surface area contributed by atoms with Crippen LogP contribution in [0.2, 0.25) is 0 Å². The van der Waals surface area contributed by atoms with Crippen molar-refractivity contribution in [1.29, 1.82) is 0 Å². The van der Waals surface area contributed by atoms with E-state index < -0.39 is 23.3 Å². The van der Waals surface area contributed by atoms with Gasteiger partial charge in [0.05, 0.1) is 23.6 Å². The van der Waals surface area contributed by atoms with Crippen LogP contribution in [0, 0.1) is 12.8 Å². The van der Waals surface area contributed by atoms with E-state index in [1.54, 1.807) is 11.8 Å². The van der Waals surface area contributed by atoms with Crippen molar-refractivity contribution in [3.63, 3.8) is 0 Å². The molecule has 9 nitrogen and oxygen atoms in total. The standard InChI is InChI=1S/C20H20F3N7O2/c1-11-7-14-10-19(9-11,17-26-12(2)28-32-17)29(14)18(31)27-13-3-4-15(20(21,22)23)16(8-13)30-24-5-6-25-30/h3-6,8,11,14H,7,9-10H2,1-2H3,(H,27,31)/t11-,14-,19+/m1/s1. The molecule has 32 heavy (non-hydrogen) atoms. The van der Waals surface area contributed by atoms with Gasteiger partial charge in [-0.2, -0.15) is 33.1 Å². The van der Waals surface area contributed by atoms with E-state index >= 15 is 0 Å². The first-order valence-electron chi connectivity index (χ1n) is 10.2. The summed E-state index contributed by atoms with van der Waals surface area (Å²) in [5, 5.41) is 14.2. The normalized spacial score (nSPS) is 24.8. The molecule has 1 aliphatic carbocycles. The minimum atomic E-state index is -4.60. The quantitative estimate of drug-likeness (QED) is 0.653. The zero-order valence-corrected chi connectivity index (χ0v) is 17.3. The molecule has 2 aliphatic rings. The number of carbonyl (C=O) groups excluding carboxylic acids is 1. The van der Waals surface area contributed by atoms with Gasteiger partial charge < -0.3 is 14.7 Å². The van der Waals surface area contributed by atoms with Crippen LogP contribution in [0.25, 0.3) is 5.69 Å². The zero-order valence-electron chi connectivity index (χ0n) is 17.3. The number of urea groups is 1. The highest BCUT2D eigenvalue weighted by atomic mass is 19.4. The van der Waals surface area contributed by atoms with Crippen LogP contribution in [-0.4, -0.2) is 42.1 Å². The Bertz CT molecular complexity index is 1160. The van der Waals surface area contributed by atoms with Crippen LogP contribution in [0.15, 0.2) is 35.1 Å². The van der Waals surface area contributed by atoms with Crippen molar-refractivity contribution in [2.24, 2.45) is 5.92 Å². The number of anilines is 1. The fraction of sp³-hybridized carbons (Fsp3) is 0.450. The van der Waals surface area contributed by atoms with Gasteiger partial charge in [-0.05, 0) is 43.9 Å². The van der Waals surface area contributed by atoms with Gasteiger partial charge in [0.15, 0.2) is 5.82 Å². The first-order chi connectivity index (χ1) is 15.2. The fourth-order valence-corrected chi connectivity index (χ4v) is 4.97. The van der Waals surface area contributed by atoms with Crippen LogP contribution in [0.4, 0.5) is 23.7 Å². The molecule has 1 N–H and O–H groups in total. The number of alkyl halides is 3. The van der Waals surface area contributed by atoms with Crippen molar-refractivity contribution in [1.82, 2.24) is 30.0 Å². The molecule has 2 fully saturated rings. The molecule has 0 spiro atoms. The Hall–Kier alpha value is -3.44. The van der Waals surface area contributed by atoms with Crippen molar-refractivity contribution in [2.75, 3.05) is 5.32 Å². The third kappa shape index (κ3) is 3.21. The van der Waals surface area contributed by atoms with Gasteiger partial charge in [0, 0.05) is 18.2 Å². The van der Waals surface area contributed by atoms with Gasteiger partial charge in [-0.3, -0.25) is 0 Å². The number of rotatable bonds is 3. The maximum Gasteiger partial charge on any atom is 0.418 e. The molecule has 12 heteroatoms. The molecule has 0 unspecified atom stereocenters. The van der Waals surface area contributed by atoms with Crippen LogP contribution >= 0.6 is 0 Å². The molecular weight excluding hydrogens is 427 g/mol. The van der Waals surface area contributed by atoms with Crippen LogP contribution < -0.4 is 5.32 Å². The molecule has 3 aromatic rings. The lowest BCUT2D eigenvalue weighted by atomic mass is 9.64. The summed E-state index contributed by atoms with van der Waals surface area (Å²) in [5.41, 5.74) is -1.68.